The van der Waals surface area contributed by atoms with Crippen molar-refractivity contribution in [2.45, 2.75) is 50.9 Å². The molecule has 0 aliphatic carbocycles. The van der Waals surface area contributed by atoms with E-state index >= 15 is 0 Å². The van der Waals surface area contributed by atoms with Gasteiger partial charge in [0.2, 0.25) is 0 Å². The first-order valence-electron chi connectivity index (χ1n) is 7.34. The molecule has 1 aliphatic rings. The zero-order chi connectivity index (χ0) is 17.5. The molecule has 8 heteroatoms. The molecule has 1 aromatic heterocycles. The van der Waals surface area contributed by atoms with Crippen LogP contribution in [0.1, 0.15) is 44.1 Å². The Labute approximate surface area is 137 Å². The Morgan fingerprint density at radius 3 is 2.35 bits per heavy atom. The highest BCUT2D eigenvalue weighted by Gasteiger charge is 2.43. The Morgan fingerprint density at radius 1 is 1.30 bits per heavy atom. The van der Waals surface area contributed by atoms with E-state index in [-0.39, 0.29) is 31.5 Å². The van der Waals surface area contributed by atoms with Gasteiger partial charge in [0.1, 0.15) is 10.5 Å². The van der Waals surface area contributed by atoms with Gasteiger partial charge in [0.25, 0.3) is 0 Å². The van der Waals surface area contributed by atoms with Crippen LogP contribution in [0.3, 0.4) is 0 Å². The number of carbonyl (C=O) groups is 1. The van der Waals surface area contributed by atoms with Crippen LogP contribution in [0.5, 0.6) is 0 Å². The van der Waals surface area contributed by atoms with Gasteiger partial charge < -0.3 is 15.4 Å². The molecular formula is C15H21F3N2O2S. The zero-order valence-corrected chi connectivity index (χ0v) is 14.2. The van der Waals surface area contributed by atoms with Crippen molar-refractivity contribution < 1.29 is 22.7 Å². The van der Waals surface area contributed by atoms with Gasteiger partial charge in [0, 0.05) is 18.6 Å². The van der Waals surface area contributed by atoms with Crippen LogP contribution in [0.25, 0.3) is 0 Å². The average molecular weight is 350 g/mol. The molecule has 2 heterocycles. The topological polar surface area (TPSA) is 55.6 Å². The Hall–Kier alpha value is -1.28. The third-order valence-electron chi connectivity index (χ3n) is 3.77. The number of likely N-dealkylation sites (tertiary alicyclic amines) is 1. The number of hydrogen-bond donors (Lipinski definition) is 1. The first-order chi connectivity index (χ1) is 10.4. The summed E-state index contributed by atoms with van der Waals surface area (Å²) in [7, 11) is 0. The summed E-state index contributed by atoms with van der Waals surface area (Å²) in [4.78, 5) is 12.9. The first-order valence-corrected chi connectivity index (χ1v) is 8.22. The number of halogens is 3. The van der Waals surface area contributed by atoms with Crippen LogP contribution in [0.4, 0.5) is 18.0 Å². The Bertz CT molecular complexity index is 570. The van der Waals surface area contributed by atoms with Gasteiger partial charge in [0.15, 0.2) is 0 Å². The highest BCUT2D eigenvalue weighted by atomic mass is 32.1. The van der Waals surface area contributed by atoms with E-state index in [2.05, 4.69) is 0 Å². The standard InChI is InChI=1S/C15H21F3N2O2S/c1-13(2,3)22-12(21)20-7-5-14(19,6-8-20)10-4-9-23-11(10)15(16,17)18/h4,9H,5-8,19H2,1-3H3. The van der Waals surface area contributed by atoms with Crippen LogP contribution in [0.15, 0.2) is 11.4 Å². The smallest absolute Gasteiger partial charge is 0.425 e. The third kappa shape index (κ3) is 4.17. The second-order valence-electron chi connectivity index (χ2n) is 6.78. The van der Waals surface area contributed by atoms with Gasteiger partial charge in [-0.1, -0.05) is 0 Å². The number of ether oxygens (including phenoxy) is 1. The molecule has 2 N–H and O–H groups in total. The minimum absolute atomic E-state index is 0.124. The molecule has 1 amide bonds. The zero-order valence-electron chi connectivity index (χ0n) is 13.4. The lowest BCUT2D eigenvalue weighted by atomic mass is 9.82. The third-order valence-corrected chi connectivity index (χ3v) is 4.73. The van der Waals surface area contributed by atoms with E-state index in [0.29, 0.717) is 11.3 Å². The number of carbonyl (C=O) groups excluding carboxylic acids is 1. The molecule has 4 nitrogen and oxygen atoms in total. The summed E-state index contributed by atoms with van der Waals surface area (Å²) in [6, 6.07) is 1.44. The van der Waals surface area contributed by atoms with Gasteiger partial charge >= 0.3 is 12.3 Å². The lowest BCUT2D eigenvalue weighted by molar-refractivity contribution is -0.135. The second-order valence-corrected chi connectivity index (χ2v) is 7.70. The first kappa shape index (κ1) is 18.1. The Kier molecular flexibility index (Phi) is 4.69. The van der Waals surface area contributed by atoms with Crippen molar-refractivity contribution in [3.05, 3.63) is 21.9 Å². The molecule has 0 aromatic carbocycles. The molecule has 0 spiro atoms. The Morgan fingerprint density at radius 2 is 1.87 bits per heavy atom. The van der Waals surface area contributed by atoms with Gasteiger partial charge in [0.05, 0.1) is 0 Å². The maximum atomic E-state index is 13.1. The molecule has 0 saturated carbocycles. The van der Waals surface area contributed by atoms with E-state index in [1.807, 2.05) is 0 Å². The predicted octanol–water partition coefficient (Wildman–Crippen LogP) is 3.95. The highest BCUT2D eigenvalue weighted by Crippen LogP contribution is 2.42. The summed E-state index contributed by atoms with van der Waals surface area (Å²) >= 11 is 0.653. The number of piperidine rings is 1. The lowest BCUT2D eigenvalue weighted by Crippen LogP contribution is -2.51. The molecule has 2 rings (SSSR count). The van der Waals surface area contributed by atoms with E-state index in [1.165, 1.54) is 16.3 Å². The molecule has 1 fully saturated rings. The van der Waals surface area contributed by atoms with Crippen LogP contribution in [-0.4, -0.2) is 29.7 Å². The SMILES string of the molecule is CC(C)(C)OC(=O)N1CCC(N)(c2ccsc2C(F)(F)F)CC1. The van der Waals surface area contributed by atoms with Crippen molar-refractivity contribution in [3.8, 4) is 0 Å². The van der Waals surface area contributed by atoms with Crippen LogP contribution < -0.4 is 5.73 Å². The normalized spacial score (nSPS) is 18.8. The van der Waals surface area contributed by atoms with Crippen molar-refractivity contribution in [1.82, 2.24) is 4.90 Å². The fourth-order valence-corrected chi connectivity index (χ4v) is 3.48. The number of alkyl halides is 3. The van der Waals surface area contributed by atoms with E-state index in [0.717, 1.165) is 0 Å². The molecule has 0 bridgehead atoms. The number of nitrogens with two attached hydrogens (primary N) is 1. The number of nitrogens with zero attached hydrogens (tertiary/aromatic N) is 1. The lowest BCUT2D eigenvalue weighted by Gasteiger charge is -2.40. The quantitative estimate of drug-likeness (QED) is 0.834. The number of amides is 1. The molecule has 130 valence electrons. The molecule has 0 atom stereocenters. The van der Waals surface area contributed by atoms with E-state index in [1.54, 1.807) is 20.8 Å². The summed E-state index contributed by atoms with van der Waals surface area (Å²) in [6.07, 6.45) is -4.32. The predicted molar refractivity (Wildman–Crippen MR) is 82.2 cm³/mol. The minimum atomic E-state index is -4.40. The minimum Gasteiger partial charge on any atom is -0.444 e. The summed E-state index contributed by atoms with van der Waals surface area (Å²) in [5.41, 5.74) is 4.69. The van der Waals surface area contributed by atoms with E-state index in [9.17, 15) is 18.0 Å². The highest BCUT2D eigenvalue weighted by molar-refractivity contribution is 7.10. The fourth-order valence-electron chi connectivity index (χ4n) is 2.60. The Balaban J connectivity index is 2.09. The summed E-state index contributed by atoms with van der Waals surface area (Å²) in [6.45, 7) is 5.85. The van der Waals surface area contributed by atoms with Gasteiger partial charge in [-0.25, -0.2) is 4.79 Å². The van der Waals surface area contributed by atoms with Crippen molar-refractivity contribution in [1.29, 1.82) is 0 Å². The molecule has 1 saturated heterocycles. The number of thiophene rings is 1. The second kappa shape index (κ2) is 5.98. The van der Waals surface area contributed by atoms with Crippen LogP contribution in [0, 0.1) is 0 Å². The monoisotopic (exact) mass is 350 g/mol. The fraction of sp³-hybridized carbons (Fsp3) is 0.667. The van der Waals surface area contributed by atoms with Crippen LogP contribution in [-0.2, 0) is 16.5 Å². The van der Waals surface area contributed by atoms with Crippen molar-refractivity contribution >= 4 is 17.4 Å². The van der Waals surface area contributed by atoms with Crippen LogP contribution >= 0.6 is 11.3 Å². The number of rotatable bonds is 1. The molecule has 1 aliphatic heterocycles. The molecule has 1 aromatic rings. The summed E-state index contributed by atoms with van der Waals surface area (Å²) in [5.74, 6) is 0. The van der Waals surface area contributed by atoms with Crippen molar-refractivity contribution in [2.24, 2.45) is 5.73 Å². The largest absolute Gasteiger partial charge is 0.444 e. The molecule has 0 unspecified atom stereocenters. The van der Waals surface area contributed by atoms with Gasteiger partial charge in [-0.2, -0.15) is 13.2 Å². The van der Waals surface area contributed by atoms with Crippen molar-refractivity contribution in [2.75, 3.05) is 13.1 Å². The van der Waals surface area contributed by atoms with Gasteiger partial charge in [-0.3, -0.25) is 0 Å². The average Bonchev–Trinajstić information content (AvgIpc) is 2.87. The maximum absolute atomic E-state index is 13.1. The molecular weight excluding hydrogens is 329 g/mol. The van der Waals surface area contributed by atoms with E-state index in [4.69, 9.17) is 10.5 Å². The van der Waals surface area contributed by atoms with Gasteiger partial charge in [-0.05, 0) is 50.6 Å². The van der Waals surface area contributed by atoms with Crippen LogP contribution in [0.2, 0.25) is 0 Å². The molecule has 0 radical (unpaired) electrons. The summed E-state index contributed by atoms with van der Waals surface area (Å²) < 4.78 is 44.5. The summed E-state index contributed by atoms with van der Waals surface area (Å²) in [5, 5.41) is 1.41. The van der Waals surface area contributed by atoms with Gasteiger partial charge in [-0.15, -0.1) is 11.3 Å². The maximum Gasteiger partial charge on any atom is 0.425 e. The van der Waals surface area contributed by atoms with Crippen molar-refractivity contribution in [3.63, 3.8) is 0 Å². The van der Waals surface area contributed by atoms with E-state index < -0.39 is 28.3 Å². The molecule has 23 heavy (non-hydrogen) atoms. The number of hydrogen-bond acceptors (Lipinski definition) is 4.